The van der Waals surface area contributed by atoms with Crippen LogP contribution in [-0.4, -0.2) is 57.2 Å². The molecule has 0 atom stereocenters. The lowest BCUT2D eigenvalue weighted by atomic mass is 9.49. The zero-order valence-corrected chi connectivity index (χ0v) is 18.4. The molecule has 0 radical (unpaired) electrons. The number of amides is 1. The van der Waals surface area contributed by atoms with Gasteiger partial charge in [-0.3, -0.25) is 4.79 Å². The van der Waals surface area contributed by atoms with Crippen LogP contribution in [0.5, 0.6) is 0 Å². The van der Waals surface area contributed by atoms with Crippen LogP contribution in [0.25, 0.3) is 0 Å². The molecule has 4 saturated carbocycles. The summed E-state index contributed by atoms with van der Waals surface area (Å²) in [6.45, 7) is 5.46. The Morgan fingerprint density at radius 2 is 1.67 bits per heavy atom. The number of morpholine rings is 1. The van der Waals surface area contributed by atoms with E-state index in [2.05, 4.69) is 34.3 Å². The number of nitrogens with zero attached hydrogens (tertiary/aromatic N) is 2. The fourth-order valence-electron chi connectivity index (χ4n) is 7.23. The van der Waals surface area contributed by atoms with Gasteiger partial charge in [0.05, 0.1) is 13.2 Å². The van der Waals surface area contributed by atoms with E-state index in [9.17, 15) is 4.79 Å². The van der Waals surface area contributed by atoms with E-state index in [0.717, 1.165) is 56.3 Å². The summed E-state index contributed by atoms with van der Waals surface area (Å²) in [6.07, 6.45) is 9.36. The minimum atomic E-state index is 0.117. The molecule has 4 aliphatic carbocycles. The summed E-state index contributed by atoms with van der Waals surface area (Å²) in [5, 5.41) is 3.08. The zero-order chi connectivity index (χ0) is 20.6. The maximum Gasteiger partial charge on any atom is 0.225 e. The lowest BCUT2D eigenvalue weighted by Crippen LogP contribution is -2.50. The largest absolute Gasteiger partial charge is 0.378 e. The lowest BCUT2D eigenvalue weighted by Gasteiger charge is -2.57. The number of carbonyl (C=O) groups excluding carboxylic acids is 1. The van der Waals surface area contributed by atoms with Crippen molar-refractivity contribution < 1.29 is 9.53 Å². The molecular formula is C25H37N3O2. The summed E-state index contributed by atoms with van der Waals surface area (Å²) in [4.78, 5) is 17.3. The molecular weight excluding hydrogens is 374 g/mol. The van der Waals surface area contributed by atoms with Crippen LogP contribution in [0, 0.1) is 23.2 Å². The van der Waals surface area contributed by atoms with Gasteiger partial charge in [-0.05, 0) is 93.0 Å². The van der Waals surface area contributed by atoms with Crippen molar-refractivity contribution in [1.29, 1.82) is 0 Å². The molecule has 1 N–H and O–H groups in total. The van der Waals surface area contributed by atoms with Crippen molar-refractivity contribution >= 4 is 17.3 Å². The van der Waals surface area contributed by atoms with E-state index in [0.29, 0.717) is 11.8 Å². The molecule has 1 aromatic carbocycles. The molecule has 164 valence electrons. The summed E-state index contributed by atoms with van der Waals surface area (Å²) >= 11 is 0. The van der Waals surface area contributed by atoms with E-state index in [-0.39, 0.29) is 5.91 Å². The topological polar surface area (TPSA) is 44.8 Å². The van der Waals surface area contributed by atoms with Gasteiger partial charge in [0, 0.05) is 44.0 Å². The normalized spacial score (nSPS) is 32.6. The second kappa shape index (κ2) is 8.51. The SMILES string of the molecule is CN(CCC(=O)Nc1ccc(N2CCOCC2)cc1)CC12CC3CC(CC(C3)C1)C2. The Kier molecular flexibility index (Phi) is 5.76. The quantitative estimate of drug-likeness (QED) is 0.737. The van der Waals surface area contributed by atoms with E-state index in [1.54, 1.807) is 0 Å². The van der Waals surface area contributed by atoms with E-state index in [4.69, 9.17) is 4.74 Å². The number of ether oxygens (including phenoxy) is 1. The minimum absolute atomic E-state index is 0.117. The highest BCUT2D eigenvalue weighted by atomic mass is 16.5. The molecule has 5 aliphatic rings. The molecule has 1 aliphatic heterocycles. The highest BCUT2D eigenvalue weighted by molar-refractivity contribution is 5.91. The fourth-order valence-corrected chi connectivity index (χ4v) is 7.23. The van der Waals surface area contributed by atoms with Crippen molar-refractivity contribution in [2.24, 2.45) is 23.2 Å². The van der Waals surface area contributed by atoms with Gasteiger partial charge in [0.15, 0.2) is 0 Å². The number of carbonyl (C=O) groups is 1. The van der Waals surface area contributed by atoms with E-state index < -0.39 is 0 Å². The molecule has 1 amide bonds. The summed E-state index contributed by atoms with van der Waals surface area (Å²) in [7, 11) is 2.21. The molecule has 0 spiro atoms. The number of hydrogen-bond acceptors (Lipinski definition) is 4. The standard InChI is InChI=1S/C25H37N3O2/c1-27(18-25-15-19-12-20(16-25)14-21(13-19)17-25)7-6-24(29)26-22-2-4-23(5-3-22)28-8-10-30-11-9-28/h2-5,19-21H,6-18H2,1H3,(H,26,29). The molecule has 5 heteroatoms. The minimum Gasteiger partial charge on any atom is -0.378 e. The average molecular weight is 412 g/mol. The van der Waals surface area contributed by atoms with Gasteiger partial charge in [0.1, 0.15) is 0 Å². The summed E-state index contributed by atoms with van der Waals surface area (Å²) in [6, 6.07) is 8.23. The van der Waals surface area contributed by atoms with Gasteiger partial charge in [-0.2, -0.15) is 0 Å². The smallest absolute Gasteiger partial charge is 0.225 e. The number of rotatable bonds is 7. The Bertz CT molecular complexity index is 706. The lowest BCUT2D eigenvalue weighted by molar-refractivity contribution is -0.116. The van der Waals surface area contributed by atoms with Gasteiger partial charge in [0.2, 0.25) is 5.91 Å². The van der Waals surface area contributed by atoms with Crippen LogP contribution >= 0.6 is 0 Å². The molecule has 4 bridgehead atoms. The predicted octanol–water partition coefficient (Wildman–Crippen LogP) is 4.00. The molecule has 30 heavy (non-hydrogen) atoms. The maximum atomic E-state index is 12.5. The van der Waals surface area contributed by atoms with Crippen molar-refractivity contribution in [3.05, 3.63) is 24.3 Å². The van der Waals surface area contributed by atoms with Crippen LogP contribution in [0.15, 0.2) is 24.3 Å². The molecule has 0 unspecified atom stereocenters. The first-order chi connectivity index (χ1) is 14.6. The van der Waals surface area contributed by atoms with Crippen LogP contribution in [0.3, 0.4) is 0 Å². The van der Waals surface area contributed by atoms with Crippen LogP contribution in [0.2, 0.25) is 0 Å². The highest BCUT2D eigenvalue weighted by Gasteiger charge is 2.50. The van der Waals surface area contributed by atoms with Crippen LogP contribution in [0.1, 0.15) is 44.9 Å². The molecule has 6 rings (SSSR count). The fraction of sp³-hybridized carbons (Fsp3) is 0.720. The van der Waals surface area contributed by atoms with Gasteiger partial charge >= 0.3 is 0 Å². The Morgan fingerprint density at radius 3 is 2.27 bits per heavy atom. The zero-order valence-electron chi connectivity index (χ0n) is 18.4. The average Bonchev–Trinajstić information content (AvgIpc) is 2.72. The van der Waals surface area contributed by atoms with Crippen molar-refractivity contribution in [1.82, 2.24) is 4.90 Å². The van der Waals surface area contributed by atoms with Gasteiger partial charge < -0.3 is 19.9 Å². The number of benzene rings is 1. The number of anilines is 2. The van der Waals surface area contributed by atoms with E-state index >= 15 is 0 Å². The highest BCUT2D eigenvalue weighted by Crippen LogP contribution is 2.60. The first-order valence-corrected chi connectivity index (χ1v) is 12.0. The molecule has 1 saturated heterocycles. The Labute approximate surface area is 181 Å². The maximum absolute atomic E-state index is 12.5. The summed E-state index contributed by atoms with van der Waals surface area (Å²) in [5.74, 6) is 3.10. The molecule has 5 fully saturated rings. The number of hydrogen-bond donors (Lipinski definition) is 1. The Balaban J connectivity index is 1.08. The first-order valence-electron chi connectivity index (χ1n) is 12.0. The van der Waals surface area contributed by atoms with Crippen LogP contribution in [-0.2, 0) is 9.53 Å². The van der Waals surface area contributed by atoms with E-state index in [1.807, 2.05) is 12.1 Å². The van der Waals surface area contributed by atoms with Crippen molar-refractivity contribution in [2.45, 2.75) is 44.9 Å². The van der Waals surface area contributed by atoms with Gasteiger partial charge in [-0.25, -0.2) is 0 Å². The number of nitrogens with one attached hydrogen (secondary N) is 1. The summed E-state index contributed by atoms with van der Waals surface area (Å²) in [5.41, 5.74) is 2.64. The molecule has 1 heterocycles. The Morgan fingerprint density at radius 1 is 1.07 bits per heavy atom. The Hall–Kier alpha value is -1.59. The third-order valence-corrected chi connectivity index (χ3v) is 8.02. The molecule has 1 aromatic rings. The van der Waals surface area contributed by atoms with Gasteiger partial charge in [-0.1, -0.05) is 0 Å². The monoisotopic (exact) mass is 411 g/mol. The van der Waals surface area contributed by atoms with E-state index in [1.165, 1.54) is 50.8 Å². The van der Waals surface area contributed by atoms with Crippen molar-refractivity contribution in [3.63, 3.8) is 0 Å². The third kappa shape index (κ3) is 4.52. The second-order valence-electron chi connectivity index (χ2n) is 10.6. The van der Waals surface area contributed by atoms with Gasteiger partial charge in [0.25, 0.3) is 0 Å². The predicted molar refractivity (Wildman–Crippen MR) is 121 cm³/mol. The van der Waals surface area contributed by atoms with Crippen molar-refractivity contribution in [2.75, 3.05) is 56.7 Å². The third-order valence-electron chi connectivity index (χ3n) is 8.02. The second-order valence-corrected chi connectivity index (χ2v) is 10.6. The van der Waals surface area contributed by atoms with Crippen LogP contribution in [0.4, 0.5) is 11.4 Å². The summed E-state index contributed by atoms with van der Waals surface area (Å²) < 4.78 is 5.42. The van der Waals surface area contributed by atoms with Crippen molar-refractivity contribution in [3.8, 4) is 0 Å². The molecule has 5 nitrogen and oxygen atoms in total. The first kappa shape index (κ1) is 20.3. The van der Waals surface area contributed by atoms with Gasteiger partial charge in [-0.15, -0.1) is 0 Å². The molecule has 0 aromatic heterocycles. The van der Waals surface area contributed by atoms with Crippen LogP contribution < -0.4 is 10.2 Å².